The molecule has 19 heavy (non-hydrogen) atoms. The van der Waals surface area contributed by atoms with Gasteiger partial charge < -0.3 is 11.1 Å². The molecule has 1 aromatic carbocycles. The quantitative estimate of drug-likeness (QED) is 0.812. The summed E-state index contributed by atoms with van der Waals surface area (Å²) in [5, 5.41) is 1.93. The van der Waals surface area contributed by atoms with Gasteiger partial charge >= 0.3 is 0 Å². The molecular weight excluding hydrogens is 288 g/mol. The monoisotopic (exact) mass is 300 g/mol. The summed E-state index contributed by atoms with van der Waals surface area (Å²) in [4.78, 5) is 11.3. The first kappa shape index (κ1) is 17.7. The first-order chi connectivity index (χ1) is 8.34. The van der Waals surface area contributed by atoms with Crippen LogP contribution >= 0.6 is 12.4 Å². The first-order valence-electron chi connectivity index (χ1n) is 5.12. The largest absolute Gasteiger partial charge is 0.350 e. The second kappa shape index (κ2) is 7.30. The molecule has 0 saturated heterocycles. The number of nitrogens with two attached hydrogens (primary N) is 1. The number of carbonyl (C=O) groups is 1. The van der Waals surface area contributed by atoms with Gasteiger partial charge in [-0.1, -0.05) is 6.07 Å². The molecule has 0 aromatic heterocycles. The third kappa shape index (κ3) is 5.89. The van der Waals surface area contributed by atoms with Crippen molar-refractivity contribution in [2.24, 2.45) is 5.73 Å². The van der Waals surface area contributed by atoms with Gasteiger partial charge in [0.25, 0.3) is 5.92 Å². The standard InChI is InChI=1S/C11H12F4N2O.ClH/c12-8-2-1-7(9(13)4-8)3-10(18)17-6-11(14,15)5-16;/h1-2,4H,3,5-6,16H2,(H,17,18);1H. The molecule has 8 heteroatoms. The van der Waals surface area contributed by atoms with E-state index in [0.29, 0.717) is 6.07 Å². The Kier molecular flexibility index (Phi) is 6.78. The van der Waals surface area contributed by atoms with Gasteiger partial charge in [0, 0.05) is 6.07 Å². The Morgan fingerprint density at radius 2 is 1.95 bits per heavy atom. The molecule has 1 amide bonds. The van der Waals surface area contributed by atoms with E-state index in [-0.39, 0.29) is 18.0 Å². The highest BCUT2D eigenvalue weighted by molar-refractivity contribution is 5.85. The highest BCUT2D eigenvalue weighted by atomic mass is 35.5. The van der Waals surface area contributed by atoms with Crippen molar-refractivity contribution in [2.45, 2.75) is 12.3 Å². The number of rotatable bonds is 5. The molecule has 0 unspecified atom stereocenters. The van der Waals surface area contributed by atoms with Crippen LogP contribution in [0.1, 0.15) is 5.56 Å². The minimum atomic E-state index is -3.20. The van der Waals surface area contributed by atoms with Gasteiger partial charge in [0.05, 0.1) is 19.5 Å². The molecule has 108 valence electrons. The summed E-state index contributed by atoms with van der Waals surface area (Å²) in [6, 6.07) is 2.70. The predicted molar refractivity (Wildman–Crippen MR) is 64.3 cm³/mol. The average molecular weight is 301 g/mol. The summed E-state index contributed by atoms with van der Waals surface area (Å²) in [5.41, 5.74) is 4.72. The van der Waals surface area contributed by atoms with E-state index >= 15 is 0 Å². The van der Waals surface area contributed by atoms with Gasteiger partial charge in [0.2, 0.25) is 5.91 Å². The van der Waals surface area contributed by atoms with Gasteiger partial charge in [-0.15, -0.1) is 12.4 Å². The van der Waals surface area contributed by atoms with Crippen LogP contribution < -0.4 is 11.1 Å². The molecule has 0 saturated carbocycles. The number of nitrogens with one attached hydrogen (secondary N) is 1. The molecule has 0 aliphatic heterocycles. The van der Waals surface area contributed by atoms with E-state index in [9.17, 15) is 22.4 Å². The number of benzene rings is 1. The summed E-state index contributed by atoms with van der Waals surface area (Å²) in [6.45, 7) is -1.80. The van der Waals surface area contributed by atoms with Gasteiger partial charge in [0.1, 0.15) is 11.6 Å². The highest BCUT2D eigenvalue weighted by Gasteiger charge is 2.27. The lowest BCUT2D eigenvalue weighted by Gasteiger charge is -2.14. The maximum Gasteiger partial charge on any atom is 0.277 e. The predicted octanol–water partition coefficient (Wildman–Crippen LogP) is 1.64. The number of alkyl halides is 2. The average Bonchev–Trinajstić information content (AvgIpc) is 2.30. The lowest BCUT2D eigenvalue weighted by atomic mass is 10.1. The fourth-order valence-corrected chi connectivity index (χ4v) is 1.20. The minimum absolute atomic E-state index is 0. The van der Waals surface area contributed by atoms with Crippen LogP contribution in [0.15, 0.2) is 18.2 Å². The first-order valence-corrected chi connectivity index (χ1v) is 5.12. The third-order valence-corrected chi connectivity index (χ3v) is 2.21. The van der Waals surface area contributed by atoms with E-state index in [1.807, 2.05) is 5.32 Å². The Balaban J connectivity index is 0.00000324. The van der Waals surface area contributed by atoms with E-state index in [0.717, 1.165) is 12.1 Å². The van der Waals surface area contributed by atoms with Crippen molar-refractivity contribution >= 4 is 18.3 Å². The van der Waals surface area contributed by atoms with E-state index in [2.05, 4.69) is 0 Å². The van der Waals surface area contributed by atoms with E-state index in [4.69, 9.17) is 5.73 Å². The Morgan fingerprint density at radius 1 is 1.32 bits per heavy atom. The van der Waals surface area contributed by atoms with Crippen LogP contribution in [0.25, 0.3) is 0 Å². The molecule has 0 radical (unpaired) electrons. The Labute approximate surface area is 113 Å². The molecule has 3 nitrogen and oxygen atoms in total. The second-order valence-electron chi connectivity index (χ2n) is 3.75. The molecule has 0 bridgehead atoms. The maximum atomic E-state index is 13.2. The van der Waals surface area contributed by atoms with Gasteiger partial charge in [-0.2, -0.15) is 0 Å². The second-order valence-corrected chi connectivity index (χ2v) is 3.75. The van der Waals surface area contributed by atoms with Crippen molar-refractivity contribution in [1.82, 2.24) is 5.32 Å². The van der Waals surface area contributed by atoms with Crippen LogP contribution in [0.2, 0.25) is 0 Å². The van der Waals surface area contributed by atoms with Crippen molar-refractivity contribution in [2.75, 3.05) is 13.1 Å². The Bertz CT molecular complexity index is 443. The topological polar surface area (TPSA) is 55.1 Å². The van der Waals surface area contributed by atoms with Crippen LogP contribution in [0, 0.1) is 11.6 Å². The summed E-state index contributed by atoms with van der Waals surface area (Å²) in [6.07, 6.45) is -0.438. The van der Waals surface area contributed by atoms with Gasteiger partial charge in [0.15, 0.2) is 0 Å². The minimum Gasteiger partial charge on any atom is -0.350 e. The molecule has 3 N–H and O–H groups in total. The van der Waals surface area contributed by atoms with E-state index < -0.39 is 43.0 Å². The Morgan fingerprint density at radius 3 is 2.47 bits per heavy atom. The molecule has 0 fully saturated rings. The molecule has 1 rings (SSSR count). The van der Waals surface area contributed by atoms with Crippen molar-refractivity contribution in [1.29, 1.82) is 0 Å². The number of amides is 1. The molecule has 0 aliphatic carbocycles. The normalized spacial score (nSPS) is 10.8. The van der Waals surface area contributed by atoms with E-state index in [1.54, 1.807) is 0 Å². The maximum absolute atomic E-state index is 13.2. The third-order valence-electron chi connectivity index (χ3n) is 2.21. The zero-order chi connectivity index (χ0) is 13.8. The fraction of sp³-hybridized carbons (Fsp3) is 0.364. The molecular formula is C11H13ClF4N2O. The lowest BCUT2D eigenvalue weighted by Crippen LogP contribution is -2.42. The van der Waals surface area contributed by atoms with E-state index in [1.165, 1.54) is 0 Å². The SMILES string of the molecule is Cl.NCC(F)(F)CNC(=O)Cc1ccc(F)cc1F. The lowest BCUT2D eigenvalue weighted by molar-refractivity contribution is -0.122. The zero-order valence-electron chi connectivity index (χ0n) is 9.76. The van der Waals surface area contributed by atoms with Gasteiger partial charge in [-0.25, -0.2) is 17.6 Å². The van der Waals surface area contributed by atoms with Crippen LogP contribution in [-0.2, 0) is 11.2 Å². The van der Waals surface area contributed by atoms with Crippen LogP contribution in [-0.4, -0.2) is 24.9 Å². The molecule has 0 spiro atoms. The number of hydrogen-bond donors (Lipinski definition) is 2. The number of halogens is 5. The zero-order valence-corrected chi connectivity index (χ0v) is 10.6. The summed E-state index contributed by atoms with van der Waals surface area (Å²) >= 11 is 0. The molecule has 1 aromatic rings. The van der Waals surface area contributed by atoms with Crippen molar-refractivity contribution in [3.63, 3.8) is 0 Å². The van der Waals surface area contributed by atoms with Crippen LogP contribution in [0.4, 0.5) is 17.6 Å². The molecule has 0 heterocycles. The highest BCUT2D eigenvalue weighted by Crippen LogP contribution is 2.11. The molecule has 0 atom stereocenters. The van der Waals surface area contributed by atoms with Gasteiger partial charge in [-0.05, 0) is 11.6 Å². The van der Waals surface area contributed by atoms with Gasteiger partial charge in [-0.3, -0.25) is 4.79 Å². The smallest absolute Gasteiger partial charge is 0.277 e. The summed E-state index contributed by atoms with van der Waals surface area (Å²) < 4.78 is 51.2. The number of carbonyl (C=O) groups excluding carboxylic acids is 1. The van der Waals surface area contributed by atoms with Crippen LogP contribution in [0.5, 0.6) is 0 Å². The Hall–Kier alpha value is -1.34. The fourth-order valence-electron chi connectivity index (χ4n) is 1.20. The van der Waals surface area contributed by atoms with Crippen LogP contribution in [0.3, 0.4) is 0 Å². The van der Waals surface area contributed by atoms with Crippen molar-refractivity contribution in [3.05, 3.63) is 35.4 Å². The van der Waals surface area contributed by atoms with Crippen molar-refractivity contribution in [3.8, 4) is 0 Å². The summed E-state index contributed by atoms with van der Waals surface area (Å²) in [7, 11) is 0. The number of hydrogen-bond acceptors (Lipinski definition) is 2. The molecule has 0 aliphatic rings. The van der Waals surface area contributed by atoms with Crippen molar-refractivity contribution < 1.29 is 22.4 Å². The summed E-state index contributed by atoms with van der Waals surface area (Å²) in [5.74, 6) is -5.65.